The highest BCUT2D eigenvalue weighted by Crippen LogP contribution is 2.48. The molecule has 4 aromatic rings. The van der Waals surface area contributed by atoms with Gasteiger partial charge in [-0.3, -0.25) is 9.50 Å². The summed E-state index contributed by atoms with van der Waals surface area (Å²) in [4.78, 5) is 4.67. The average Bonchev–Trinajstić information content (AvgIpc) is 3.18. The largest absolute Gasteiger partial charge is 0.418 e. The lowest BCUT2D eigenvalue weighted by atomic mass is 9.84. The van der Waals surface area contributed by atoms with Crippen molar-refractivity contribution in [2.45, 2.75) is 26.7 Å². The summed E-state index contributed by atoms with van der Waals surface area (Å²) in [5.41, 5.74) is 4.84. The molecule has 1 aromatic carbocycles. The van der Waals surface area contributed by atoms with Gasteiger partial charge in [-0.25, -0.2) is 0 Å². The van der Waals surface area contributed by atoms with Gasteiger partial charge in [0, 0.05) is 11.3 Å². The Labute approximate surface area is 143 Å². The van der Waals surface area contributed by atoms with Crippen molar-refractivity contribution in [3.8, 4) is 11.8 Å². The van der Waals surface area contributed by atoms with Gasteiger partial charge >= 0.3 is 0 Å². The molecule has 0 saturated carbocycles. The van der Waals surface area contributed by atoms with E-state index in [-0.39, 0.29) is 5.92 Å². The lowest BCUT2D eigenvalue weighted by molar-refractivity contribution is 0.415. The Kier molecular flexibility index (Phi) is 2.77. The lowest BCUT2D eigenvalue weighted by Gasteiger charge is -2.26. The van der Waals surface area contributed by atoms with Gasteiger partial charge in [0.05, 0.1) is 11.5 Å². The second-order valence-electron chi connectivity index (χ2n) is 6.30. The molecule has 25 heavy (non-hydrogen) atoms. The first kappa shape index (κ1) is 14.2. The molecule has 0 fully saturated rings. The van der Waals surface area contributed by atoms with Crippen molar-refractivity contribution in [2.24, 2.45) is 0 Å². The summed E-state index contributed by atoms with van der Waals surface area (Å²) in [7, 11) is 0. The lowest BCUT2D eigenvalue weighted by Crippen LogP contribution is -2.16. The SMILES string of the molecule is Cc1[nH]nc2c1C(c1ccccc1)c1c(nc(C)n3c(C)nnc13)O2. The van der Waals surface area contributed by atoms with Gasteiger partial charge in [0.1, 0.15) is 11.6 Å². The van der Waals surface area contributed by atoms with Gasteiger partial charge in [0.2, 0.25) is 11.8 Å². The van der Waals surface area contributed by atoms with Crippen LogP contribution in [0.15, 0.2) is 30.3 Å². The number of nitrogens with zero attached hydrogens (tertiary/aromatic N) is 5. The first-order valence-corrected chi connectivity index (χ1v) is 8.15. The van der Waals surface area contributed by atoms with Gasteiger partial charge < -0.3 is 4.74 Å². The van der Waals surface area contributed by atoms with E-state index in [0.29, 0.717) is 11.8 Å². The van der Waals surface area contributed by atoms with Crippen LogP contribution in [-0.2, 0) is 0 Å². The van der Waals surface area contributed by atoms with E-state index < -0.39 is 0 Å². The van der Waals surface area contributed by atoms with Crippen LogP contribution in [0.25, 0.3) is 5.65 Å². The number of benzene rings is 1. The normalized spacial score (nSPS) is 15.7. The standard InChI is InChI=1S/C18H16N6O/c1-9-13-14(12-7-5-4-6-8-12)15-16-22-21-11(3)24(16)10(2)19-17(15)25-18(13)23-20-9/h4-8,14H,1-3H3,(H,20,23). The summed E-state index contributed by atoms with van der Waals surface area (Å²) in [5, 5.41) is 16.0. The third-order valence-corrected chi connectivity index (χ3v) is 4.75. The molecular weight excluding hydrogens is 316 g/mol. The van der Waals surface area contributed by atoms with Crippen molar-refractivity contribution in [3.63, 3.8) is 0 Å². The number of hydrogen-bond donors (Lipinski definition) is 1. The highest BCUT2D eigenvalue weighted by Gasteiger charge is 2.36. The molecule has 1 N–H and O–H groups in total. The molecule has 0 amide bonds. The van der Waals surface area contributed by atoms with Crippen LogP contribution in [0.5, 0.6) is 11.8 Å². The maximum Gasteiger partial charge on any atom is 0.244 e. The van der Waals surface area contributed by atoms with Crippen LogP contribution in [0.3, 0.4) is 0 Å². The number of hydrogen-bond acceptors (Lipinski definition) is 5. The van der Waals surface area contributed by atoms with Crippen molar-refractivity contribution in [2.75, 3.05) is 0 Å². The molecule has 124 valence electrons. The summed E-state index contributed by atoms with van der Waals surface area (Å²) < 4.78 is 7.98. The number of H-pyrrole nitrogens is 1. The third-order valence-electron chi connectivity index (χ3n) is 4.75. The van der Waals surface area contributed by atoms with Gasteiger partial charge in [-0.1, -0.05) is 30.3 Å². The number of aromatic amines is 1. The topological polar surface area (TPSA) is 81.0 Å². The molecule has 0 saturated heterocycles. The Morgan fingerprint density at radius 2 is 1.76 bits per heavy atom. The summed E-state index contributed by atoms with van der Waals surface area (Å²) in [6.45, 7) is 5.86. The fourth-order valence-electron chi connectivity index (χ4n) is 3.66. The third kappa shape index (κ3) is 1.86. The van der Waals surface area contributed by atoms with E-state index >= 15 is 0 Å². The van der Waals surface area contributed by atoms with E-state index in [2.05, 4.69) is 37.5 Å². The van der Waals surface area contributed by atoms with Gasteiger partial charge in [-0.2, -0.15) is 4.98 Å². The van der Waals surface area contributed by atoms with E-state index in [1.807, 2.05) is 43.4 Å². The summed E-state index contributed by atoms with van der Waals surface area (Å²) >= 11 is 0. The molecule has 0 spiro atoms. The van der Waals surface area contributed by atoms with Crippen LogP contribution in [0.1, 0.15) is 40.0 Å². The average molecular weight is 332 g/mol. The zero-order valence-electron chi connectivity index (χ0n) is 14.1. The maximum absolute atomic E-state index is 6.01. The van der Waals surface area contributed by atoms with Crippen LogP contribution < -0.4 is 4.74 Å². The van der Waals surface area contributed by atoms with E-state index in [1.54, 1.807) is 0 Å². The van der Waals surface area contributed by atoms with Crippen LogP contribution >= 0.6 is 0 Å². The minimum absolute atomic E-state index is 0.0575. The van der Waals surface area contributed by atoms with E-state index in [1.165, 1.54) is 0 Å². The van der Waals surface area contributed by atoms with E-state index in [9.17, 15) is 0 Å². The predicted octanol–water partition coefficient (Wildman–Crippen LogP) is 3.06. The fraction of sp³-hybridized carbons (Fsp3) is 0.222. The molecular formula is C18H16N6O. The number of aryl methyl sites for hydroxylation is 3. The molecule has 7 nitrogen and oxygen atoms in total. The number of rotatable bonds is 1. The first-order valence-electron chi connectivity index (χ1n) is 8.15. The Bertz CT molecular complexity index is 1110. The van der Waals surface area contributed by atoms with Crippen molar-refractivity contribution < 1.29 is 4.74 Å². The van der Waals surface area contributed by atoms with E-state index in [4.69, 9.17) is 4.74 Å². The second kappa shape index (κ2) is 4.89. The number of ether oxygens (including phenoxy) is 1. The number of fused-ring (bicyclic) bond motifs is 4. The summed E-state index contributed by atoms with van der Waals surface area (Å²) in [5.74, 6) is 2.66. The van der Waals surface area contributed by atoms with Crippen LogP contribution in [0.4, 0.5) is 0 Å². The van der Waals surface area contributed by atoms with Gasteiger partial charge in [-0.15, -0.1) is 15.3 Å². The molecule has 4 heterocycles. The monoisotopic (exact) mass is 332 g/mol. The van der Waals surface area contributed by atoms with Crippen LogP contribution in [0, 0.1) is 20.8 Å². The minimum Gasteiger partial charge on any atom is -0.418 e. The van der Waals surface area contributed by atoms with Crippen molar-refractivity contribution in [1.29, 1.82) is 0 Å². The Balaban J connectivity index is 1.90. The molecule has 1 aliphatic heterocycles. The fourth-order valence-corrected chi connectivity index (χ4v) is 3.66. The molecule has 7 heteroatoms. The molecule has 0 bridgehead atoms. The molecule has 3 aromatic heterocycles. The Hall–Kier alpha value is -3.22. The maximum atomic E-state index is 6.01. The first-order chi connectivity index (χ1) is 12.1. The molecule has 1 unspecified atom stereocenters. The highest BCUT2D eigenvalue weighted by atomic mass is 16.5. The smallest absolute Gasteiger partial charge is 0.244 e. The molecule has 1 atom stereocenters. The summed E-state index contributed by atoms with van der Waals surface area (Å²) in [6.07, 6.45) is 0. The van der Waals surface area contributed by atoms with Crippen LogP contribution in [0.2, 0.25) is 0 Å². The van der Waals surface area contributed by atoms with Gasteiger partial charge in [-0.05, 0) is 26.3 Å². The second-order valence-corrected chi connectivity index (χ2v) is 6.30. The Morgan fingerprint density at radius 1 is 0.960 bits per heavy atom. The minimum atomic E-state index is -0.0575. The van der Waals surface area contributed by atoms with Crippen molar-refractivity contribution >= 4 is 5.65 Å². The van der Waals surface area contributed by atoms with Crippen LogP contribution in [-0.4, -0.2) is 29.8 Å². The molecule has 1 aliphatic rings. The molecule has 0 aliphatic carbocycles. The number of nitrogens with one attached hydrogen (secondary N) is 1. The van der Waals surface area contributed by atoms with Crippen molar-refractivity contribution in [1.82, 2.24) is 29.8 Å². The van der Waals surface area contributed by atoms with Crippen molar-refractivity contribution in [3.05, 3.63) is 64.4 Å². The van der Waals surface area contributed by atoms with E-state index in [0.717, 1.165) is 39.7 Å². The predicted molar refractivity (Wildman–Crippen MR) is 91.0 cm³/mol. The van der Waals surface area contributed by atoms with Gasteiger partial charge in [0.15, 0.2) is 5.65 Å². The summed E-state index contributed by atoms with van der Waals surface area (Å²) in [6, 6.07) is 10.3. The zero-order chi connectivity index (χ0) is 17.1. The number of aromatic nitrogens is 6. The quantitative estimate of drug-likeness (QED) is 0.510. The van der Waals surface area contributed by atoms with Gasteiger partial charge in [0.25, 0.3) is 0 Å². The molecule has 5 rings (SSSR count). The zero-order valence-corrected chi connectivity index (χ0v) is 14.1. The molecule has 0 radical (unpaired) electrons. The Morgan fingerprint density at radius 3 is 2.56 bits per heavy atom. The highest BCUT2D eigenvalue weighted by molar-refractivity contribution is 5.65.